The smallest absolute Gasteiger partial charge is 0.253 e. The maximum absolute atomic E-state index is 13.1. The van der Waals surface area contributed by atoms with Crippen molar-refractivity contribution in [1.29, 1.82) is 0 Å². The van der Waals surface area contributed by atoms with Gasteiger partial charge in [-0.15, -0.1) is 0 Å². The molecule has 0 fully saturated rings. The van der Waals surface area contributed by atoms with Crippen LogP contribution in [0, 0.1) is 5.41 Å². The van der Waals surface area contributed by atoms with Crippen LogP contribution < -0.4 is 21.3 Å². The summed E-state index contributed by atoms with van der Waals surface area (Å²) in [5.74, 6) is -1.89. The third-order valence-corrected chi connectivity index (χ3v) is 7.83. The summed E-state index contributed by atoms with van der Waals surface area (Å²) in [6.07, 6.45) is 9.03. The van der Waals surface area contributed by atoms with E-state index in [-0.39, 0.29) is 57.4 Å². The second-order valence-corrected chi connectivity index (χ2v) is 11.9. The lowest BCUT2D eigenvalue weighted by Gasteiger charge is -2.35. The third kappa shape index (κ3) is 13.0. The minimum Gasteiger partial charge on any atom is -0.394 e. The molecule has 6 N–H and O–H groups in total. The van der Waals surface area contributed by atoms with Crippen LogP contribution in [0.1, 0.15) is 40.5 Å². The fraction of sp³-hybridized carbons (Fsp3) is 0.581. The summed E-state index contributed by atoms with van der Waals surface area (Å²) in [6.45, 7) is 7.41. The average molecular weight is 698 g/mol. The van der Waals surface area contributed by atoms with Gasteiger partial charge in [0.1, 0.15) is 6.23 Å². The van der Waals surface area contributed by atoms with Crippen molar-refractivity contribution >= 4 is 45.5 Å². The Balaban J connectivity index is 2.55. The summed E-state index contributed by atoms with van der Waals surface area (Å²) in [4.78, 5) is 63.6. The van der Waals surface area contributed by atoms with Gasteiger partial charge in [-0.1, -0.05) is 54.1 Å². The van der Waals surface area contributed by atoms with Gasteiger partial charge in [-0.05, 0) is 39.9 Å². The lowest BCUT2D eigenvalue weighted by Crippen LogP contribution is -2.54. The number of imide groups is 1. The first-order valence-electron chi connectivity index (χ1n) is 14.8. The number of likely N-dealkylation sites (N-methyl/N-ethyl adjacent to an activating group) is 2. The van der Waals surface area contributed by atoms with Crippen LogP contribution >= 0.6 is 15.9 Å². The topological polar surface area (TPSA) is 180 Å². The zero-order valence-corrected chi connectivity index (χ0v) is 28.6. The quantitative estimate of drug-likeness (QED) is 0.0339. The largest absolute Gasteiger partial charge is 0.394 e. The third-order valence-electron chi connectivity index (χ3n) is 7.50. The number of carbonyl (C=O) groups excluding carboxylic acids is 5. The van der Waals surface area contributed by atoms with Gasteiger partial charge in [-0.25, -0.2) is 0 Å². The van der Waals surface area contributed by atoms with Gasteiger partial charge in [0.2, 0.25) is 17.7 Å². The second kappa shape index (κ2) is 20.1. The normalized spacial score (nSPS) is 16.4. The van der Waals surface area contributed by atoms with E-state index >= 15 is 0 Å². The highest BCUT2D eigenvalue weighted by molar-refractivity contribution is 9.09. The molecule has 3 unspecified atom stereocenters. The Morgan fingerprint density at radius 2 is 1.78 bits per heavy atom. The zero-order chi connectivity index (χ0) is 34.2. The van der Waals surface area contributed by atoms with E-state index in [0.717, 1.165) is 10.5 Å². The molecule has 1 aliphatic heterocycles. The van der Waals surface area contributed by atoms with E-state index in [1.165, 1.54) is 12.2 Å². The molecule has 0 bridgehead atoms. The van der Waals surface area contributed by atoms with E-state index in [1.807, 2.05) is 39.0 Å². The Kier molecular flexibility index (Phi) is 17.8. The van der Waals surface area contributed by atoms with Crippen molar-refractivity contribution in [3.8, 4) is 0 Å². The number of allylic oxidation sites excluding steroid dienone is 3. The highest BCUT2D eigenvalue weighted by atomic mass is 79.9. The minimum absolute atomic E-state index is 0.0179. The molecule has 0 aliphatic carbocycles. The molecular formula is C31H49BrN6O7. The number of halogens is 1. The van der Waals surface area contributed by atoms with E-state index in [1.54, 1.807) is 32.0 Å². The van der Waals surface area contributed by atoms with Gasteiger partial charge in [0.25, 0.3) is 11.8 Å². The maximum atomic E-state index is 13.1. The number of nitrogens with one attached hydrogen (secondary N) is 4. The maximum Gasteiger partial charge on any atom is 0.253 e. The SMILES string of the molecule is C/C=C\C(=C/CBr)C(C)(C)C(NC)C(=O)NCC(O)N(C)C/C=C(\C)C(=O)NC(CO)CCC(=O)NCCN1C(=O)C=CC1=O. The number of nitrogens with zero attached hydrogens (tertiary/aromatic N) is 2. The van der Waals surface area contributed by atoms with Gasteiger partial charge in [-0.3, -0.25) is 33.8 Å². The van der Waals surface area contributed by atoms with Gasteiger partial charge in [0, 0.05) is 54.5 Å². The van der Waals surface area contributed by atoms with Crippen molar-refractivity contribution < 1.29 is 34.2 Å². The van der Waals surface area contributed by atoms with Gasteiger partial charge in [0.15, 0.2) is 0 Å². The molecule has 0 aromatic carbocycles. The van der Waals surface area contributed by atoms with Crippen LogP contribution in [0.25, 0.3) is 0 Å². The molecule has 252 valence electrons. The fourth-order valence-corrected chi connectivity index (χ4v) is 4.95. The van der Waals surface area contributed by atoms with E-state index in [9.17, 15) is 34.2 Å². The van der Waals surface area contributed by atoms with Crippen molar-refractivity contribution in [3.05, 3.63) is 47.6 Å². The van der Waals surface area contributed by atoms with Crippen LogP contribution in [0.2, 0.25) is 0 Å². The Hall–Kier alpha value is -3.17. The van der Waals surface area contributed by atoms with Crippen LogP contribution in [0.5, 0.6) is 0 Å². The van der Waals surface area contributed by atoms with Crippen LogP contribution in [0.4, 0.5) is 0 Å². The first-order valence-corrected chi connectivity index (χ1v) is 16.0. The van der Waals surface area contributed by atoms with Crippen LogP contribution in [0.15, 0.2) is 47.6 Å². The molecule has 14 heteroatoms. The van der Waals surface area contributed by atoms with E-state index in [0.29, 0.717) is 10.9 Å². The Morgan fingerprint density at radius 3 is 2.33 bits per heavy atom. The summed E-state index contributed by atoms with van der Waals surface area (Å²) in [5, 5.41) is 32.2. The first-order chi connectivity index (χ1) is 21.2. The number of carbonyl (C=O) groups is 5. The molecule has 0 saturated heterocycles. The number of rotatable bonds is 20. The summed E-state index contributed by atoms with van der Waals surface area (Å²) < 4.78 is 0. The van der Waals surface area contributed by atoms with Gasteiger partial charge < -0.3 is 31.5 Å². The number of hydrogen-bond acceptors (Lipinski definition) is 9. The zero-order valence-electron chi connectivity index (χ0n) is 27.1. The highest BCUT2D eigenvalue weighted by Gasteiger charge is 2.36. The molecule has 13 nitrogen and oxygen atoms in total. The monoisotopic (exact) mass is 696 g/mol. The molecular weight excluding hydrogens is 648 g/mol. The molecule has 5 amide bonds. The van der Waals surface area contributed by atoms with Gasteiger partial charge in [-0.2, -0.15) is 0 Å². The highest BCUT2D eigenvalue weighted by Crippen LogP contribution is 2.32. The predicted octanol–water partition coefficient (Wildman–Crippen LogP) is 0.109. The average Bonchev–Trinajstić information content (AvgIpc) is 3.32. The van der Waals surface area contributed by atoms with Crippen molar-refractivity contribution in [2.45, 2.75) is 58.8 Å². The molecule has 0 aromatic heterocycles. The van der Waals surface area contributed by atoms with Crippen LogP contribution in [-0.2, 0) is 24.0 Å². The number of aliphatic hydroxyl groups excluding tert-OH is 2. The van der Waals surface area contributed by atoms with Crippen molar-refractivity contribution in [1.82, 2.24) is 31.1 Å². The van der Waals surface area contributed by atoms with Crippen molar-refractivity contribution in [2.75, 3.05) is 52.2 Å². The molecule has 0 radical (unpaired) electrons. The van der Waals surface area contributed by atoms with Crippen molar-refractivity contribution in [2.24, 2.45) is 5.41 Å². The summed E-state index contributed by atoms with van der Waals surface area (Å²) in [7, 11) is 3.37. The van der Waals surface area contributed by atoms with Gasteiger partial charge >= 0.3 is 0 Å². The number of amides is 5. The van der Waals surface area contributed by atoms with Crippen molar-refractivity contribution in [3.63, 3.8) is 0 Å². The van der Waals surface area contributed by atoms with Gasteiger partial charge in [0.05, 0.1) is 25.2 Å². The van der Waals surface area contributed by atoms with Crippen LogP contribution in [0.3, 0.4) is 0 Å². The Labute approximate surface area is 274 Å². The molecule has 45 heavy (non-hydrogen) atoms. The summed E-state index contributed by atoms with van der Waals surface area (Å²) in [5.41, 5.74) is 0.804. The van der Waals surface area contributed by atoms with E-state index < -0.39 is 41.4 Å². The Morgan fingerprint density at radius 1 is 1.13 bits per heavy atom. The second-order valence-electron chi connectivity index (χ2n) is 11.2. The summed E-state index contributed by atoms with van der Waals surface area (Å²) in [6, 6.07) is -1.23. The fourth-order valence-electron chi connectivity index (χ4n) is 4.60. The molecule has 0 saturated carbocycles. The van der Waals surface area contributed by atoms with E-state index in [4.69, 9.17) is 0 Å². The number of aliphatic hydroxyl groups is 2. The molecule has 1 rings (SSSR count). The van der Waals surface area contributed by atoms with Crippen LogP contribution in [-0.4, -0.2) is 120 Å². The molecule has 1 aliphatic rings. The Bertz CT molecular complexity index is 1150. The molecule has 0 aromatic rings. The number of hydrogen-bond donors (Lipinski definition) is 6. The molecule has 1 heterocycles. The minimum atomic E-state index is -1.02. The summed E-state index contributed by atoms with van der Waals surface area (Å²) >= 11 is 3.42. The first kappa shape index (κ1) is 39.9. The van der Waals surface area contributed by atoms with E-state index in [2.05, 4.69) is 37.2 Å². The molecule has 3 atom stereocenters. The predicted molar refractivity (Wildman–Crippen MR) is 176 cm³/mol. The lowest BCUT2D eigenvalue weighted by atomic mass is 9.76. The lowest BCUT2D eigenvalue weighted by molar-refractivity contribution is -0.137. The number of alkyl halides is 1. The molecule has 0 spiro atoms. The standard InChI is InChI=1S/C31H49BrN6O7/c1-7-8-22(13-15-32)31(3,4)28(33-5)30(45)35-19-27(43)37(6)17-14-21(2)29(44)36-23(20-39)9-10-24(40)34-16-18-38-25(41)11-12-26(38)42/h7-8,11-14,23,27-28,33,39,43H,9-10,15-20H2,1-6H3,(H,34,40)(H,35,45)(H,36,44)/b8-7-,21-14+,22-13+.